The van der Waals surface area contributed by atoms with Crippen molar-refractivity contribution < 1.29 is 14.6 Å². The standard InChI is InChI=1S/C20H24ClN5O3/c1-11-6-13(22-3)7-14(24-11)25-18-16(21)15(17-19(26-18)29-10-28-17)12-4-5-23-9-20(2,27)8-12/h4,6-7,23,27H,5,8-10H2,1-3H3,(H2,22,24,25,26)/t20-/m0/s1. The van der Waals surface area contributed by atoms with E-state index in [1.165, 1.54) is 0 Å². The summed E-state index contributed by atoms with van der Waals surface area (Å²) in [5, 5.41) is 20.6. The number of aromatic nitrogens is 2. The fourth-order valence-electron chi connectivity index (χ4n) is 3.54. The second kappa shape index (κ2) is 7.70. The lowest BCUT2D eigenvalue weighted by molar-refractivity contribution is 0.0680. The molecule has 8 nitrogen and oxygen atoms in total. The zero-order valence-corrected chi connectivity index (χ0v) is 17.4. The maximum atomic E-state index is 10.7. The zero-order chi connectivity index (χ0) is 20.6. The third kappa shape index (κ3) is 4.10. The van der Waals surface area contributed by atoms with Crippen LogP contribution in [0.25, 0.3) is 5.57 Å². The van der Waals surface area contributed by atoms with E-state index in [-0.39, 0.29) is 6.79 Å². The zero-order valence-electron chi connectivity index (χ0n) is 16.6. The molecule has 2 aromatic heterocycles. The summed E-state index contributed by atoms with van der Waals surface area (Å²) in [6, 6.07) is 3.81. The van der Waals surface area contributed by atoms with E-state index in [9.17, 15) is 5.11 Å². The smallest absolute Gasteiger partial charge is 0.262 e. The third-order valence-corrected chi connectivity index (χ3v) is 5.21. The van der Waals surface area contributed by atoms with E-state index in [0.717, 1.165) is 17.0 Å². The number of ether oxygens (including phenoxy) is 2. The normalized spacial score (nSPS) is 20.8. The van der Waals surface area contributed by atoms with Crippen LogP contribution in [0.15, 0.2) is 18.2 Å². The van der Waals surface area contributed by atoms with Crippen molar-refractivity contribution in [2.75, 3.05) is 37.6 Å². The first-order chi connectivity index (χ1) is 13.9. The molecule has 0 amide bonds. The minimum atomic E-state index is -0.908. The van der Waals surface area contributed by atoms with Gasteiger partial charge in [-0.15, -0.1) is 0 Å². The molecular formula is C20H24ClN5O3. The second-order valence-corrected chi connectivity index (χ2v) is 7.86. The number of aliphatic hydroxyl groups is 1. The Morgan fingerprint density at radius 3 is 2.90 bits per heavy atom. The molecule has 4 N–H and O–H groups in total. The van der Waals surface area contributed by atoms with Crippen LogP contribution in [0.3, 0.4) is 0 Å². The minimum Gasteiger partial charge on any atom is -0.451 e. The van der Waals surface area contributed by atoms with E-state index in [4.69, 9.17) is 21.1 Å². The third-order valence-electron chi connectivity index (χ3n) is 4.84. The quantitative estimate of drug-likeness (QED) is 0.602. The summed E-state index contributed by atoms with van der Waals surface area (Å²) >= 11 is 6.79. The number of β-amino-alcohol motifs (C(OH)–C–C–N with tert-alkyl or cyclic N) is 1. The number of fused-ring (bicyclic) bond motifs is 1. The molecule has 9 heteroatoms. The summed E-state index contributed by atoms with van der Waals surface area (Å²) in [6.07, 6.45) is 2.43. The van der Waals surface area contributed by atoms with Crippen LogP contribution in [0, 0.1) is 6.92 Å². The molecule has 0 bridgehead atoms. The van der Waals surface area contributed by atoms with E-state index in [1.54, 1.807) is 6.92 Å². The number of hydrogen-bond acceptors (Lipinski definition) is 8. The van der Waals surface area contributed by atoms with Gasteiger partial charge in [0, 0.05) is 49.6 Å². The second-order valence-electron chi connectivity index (χ2n) is 7.48. The molecule has 2 aliphatic heterocycles. The Morgan fingerprint density at radius 1 is 1.28 bits per heavy atom. The molecule has 154 valence electrons. The van der Waals surface area contributed by atoms with Crippen LogP contribution in [0.2, 0.25) is 5.02 Å². The van der Waals surface area contributed by atoms with Crippen molar-refractivity contribution in [3.05, 3.63) is 34.5 Å². The fourth-order valence-corrected chi connectivity index (χ4v) is 3.84. The van der Waals surface area contributed by atoms with Crippen molar-refractivity contribution >= 4 is 34.5 Å². The van der Waals surface area contributed by atoms with Gasteiger partial charge >= 0.3 is 0 Å². The van der Waals surface area contributed by atoms with Crippen molar-refractivity contribution in [1.82, 2.24) is 15.3 Å². The van der Waals surface area contributed by atoms with Gasteiger partial charge in [0.15, 0.2) is 11.6 Å². The molecule has 0 saturated carbocycles. The van der Waals surface area contributed by atoms with Crippen molar-refractivity contribution in [3.63, 3.8) is 0 Å². The van der Waals surface area contributed by atoms with Crippen molar-refractivity contribution in [3.8, 4) is 11.6 Å². The lowest BCUT2D eigenvalue weighted by atomic mass is 9.92. The largest absolute Gasteiger partial charge is 0.451 e. The first-order valence-electron chi connectivity index (χ1n) is 9.41. The number of aryl methyl sites for hydroxylation is 1. The molecule has 2 aliphatic rings. The number of hydrogen-bond donors (Lipinski definition) is 4. The van der Waals surface area contributed by atoms with Crippen LogP contribution in [0.1, 0.15) is 24.6 Å². The highest BCUT2D eigenvalue weighted by Crippen LogP contribution is 2.47. The van der Waals surface area contributed by atoms with Gasteiger partial charge in [0.05, 0.1) is 10.6 Å². The van der Waals surface area contributed by atoms with Gasteiger partial charge in [-0.1, -0.05) is 17.7 Å². The van der Waals surface area contributed by atoms with Crippen LogP contribution in [-0.4, -0.2) is 47.6 Å². The molecule has 1 atom stereocenters. The first-order valence-corrected chi connectivity index (χ1v) is 9.79. The number of rotatable bonds is 4. The van der Waals surface area contributed by atoms with E-state index in [1.807, 2.05) is 32.2 Å². The van der Waals surface area contributed by atoms with Gasteiger partial charge in [0.2, 0.25) is 6.79 Å². The molecule has 2 aromatic rings. The highest BCUT2D eigenvalue weighted by molar-refractivity contribution is 6.35. The predicted molar refractivity (Wildman–Crippen MR) is 113 cm³/mol. The average Bonchev–Trinajstić information content (AvgIpc) is 3.04. The van der Waals surface area contributed by atoms with E-state index in [2.05, 4.69) is 25.9 Å². The average molecular weight is 418 g/mol. The molecular weight excluding hydrogens is 394 g/mol. The van der Waals surface area contributed by atoms with Crippen molar-refractivity contribution in [1.29, 1.82) is 0 Å². The van der Waals surface area contributed by atoms with E-state index >= 15 is 0 Å². The van der Waals surface area contributed by atoms with Crippen LogP contribution in [-0.2, 0) is 0 Å². The Balaban J connectivity index is 1.78. The molecule has 0 radical (unpaired) electrons. The number of pyridine rings is 2. The highest BCUT2D eigenvalue weighted by atomic mass is 35.5. The molecule has 0 unspecified atom stereocenters. The Bertz CT molecular complexity index is 977. The molecule has 29 heavy (non-hydrogen) atoms. The molecule has 0 fully saturated rings. The van der Waals surface area contributed by atoms with Crippen molar-refractivity contribution in [2.45, 2.75) is 25.9 Å². The van der Waals surface area contributed by atoms with Gasteiger partial charge in [0.1, 0.15) is 5.82 Å². The van der Waals surface area contributed by atoms with Crippen molar-refractivity contribution in [2.24, 2.45) is 0 Å². The summed E-state index contributed by atoms with van der Waals surface area (Å²) < 4.78 is 11.2. The molecule has 0 aliphatic carbocycles. The van der Waals surface area contributed by atoms with E-state index < -0.39 is 5.60 Å². The molecule has 4 heterocycles. The number of nitrogens with zero attached hydrogens (tertiary/aromatic N) is 2. The Morgan fingerprint density at radius 2 is 2.10 bits per heavy atom. The maximum absolute atomic E-state index is 10.7. The summed E-state index contributed by atoms with van der Waals surface area (Å²) in [6.45, 7) is 4.88. The van der Waals surface area contributed by atoms with Crippen LogP contribution in [0.5, 0.6) is 11.6 Å². The SMILES string of the molecule is CNc1cc(C)nc(Nc2nc3c(c(C4=CCNC[C@@](C)(O)C4)c2Cl)OCO3)c1. The van der Waals surface area contributed by atoms with Gasteiger partial charge in [-0.05, 0) is 25.5 Å². The van der Waals surface area contributed by atoms with Gasteiger partial charge in [-0.2, -0.15) is 4.98 Å². The monoisotopic (exact) mass is 417 g/mol. The van der Waals surface area contributed by atoms with Crippen LogP contribution >= 0.6 is 11.6 Å². The lowest BCUT2D eigenvalue weighted by Crippen LogP contribution is -2.36. The van der Waals surface area contributed by atoms with Gasteiger partial charge < -0.3 is 30.5 Å². The van der Waals surface area contributed by atoms with Gasteiger partial charge in [-0.25, -0.2) is 4.98 Å². The topological polar surface area (TPSA) is 101 Å². The Kier molecular flexibility index (Phi) is 5.24. The molecule has 0 saturated heterocycles. The Hall–Kier alpha value is -2.55. The lowest BCUT2D eigenvalue weighted by Gasteiger charge is -2.23. The Labute approximate surface area is 174 Å². The van der Waals surface area contributed by atoms with Gasteiger partial charge in [0.25, 0.3) is 5.88 Å². The summed E-state index contributed by atoms with van der Waals surface area (Å²) in [7, 11) is 1.85. The number of anilines is 3. The predicted octanol–water partition coefficient (Wildman–Crippen LogP) is 3.08. The molecule has 0 spiro atoms. The maximum Gasteiger partial charge on any atom is 0.262 e. The fraction of sp³-hybridized carbons (Fsp3) is 0.400. The number of halogens is 1. The van der Waals surface area contributed by atoms with Crippen LogP contribution in [0.4, 0.5) is 17.3 Å². The summed E-state index contributed by atoms with van der Waals surface area (Å²) in [4.78, 5) is 9.00. The summed E-state index contributed by atoms with van der Waals surface area (Å²) in [5.41, 5.74) is 2.43. The first kappa shape index (κ1) is 19.8. The minimum absolute atomic E-state index is 0.0731. The summed E-state index contributed by atoms with van der Waals surface area (Å²) in [5.74, 6) is 1.89. The molecule has 4 rings (SSSR count). The molecule has 0 aromatic carbocycles. The number of nitrogens with one attached hydrogen (secondary N) is 3. The van der Waals surface area contributed by atoms with Gasteiger partial charge in [-0.3, -0.25) is 0 Å². The van der Waals surface area contributed by atoms with E-state index in [0.29, 0.717) is 53.4 Å². The highest BCUT2D eigenvalue weighted by Gasteiger charge is 2.32. The van der Waals surface area contributed by atoms with Crippen LogP contribution < -0.4 is 25.4 Å².